The van der Waals surface area contributed by atoms with Gasteiger partial charge in [-0.2, -0.15) is 0 Å². The van der Waals surface area contributed by atoms with Gasteiger partial charge in [0.15, 0.2) is 0 Å². The maximum Gasteiger partial charge on any atom is 0.244 e. The Hall–Kier alpha value is -0.570. The molecule has 18 heavy (non-hydrogen) atoms. The number of carbonyl (C=O) groups is 1. The molecule has 0 aromatic rings. The van der Waals surface area contributed by atoms with E-state index < -0.39 is 0 Å². The zero-order chi connectivity index (χ0) is 13.3. The number of hydrogen-bond donors (Lipinski definition) is 1. The van der Waals surface area contributed by atoms with E-state index in [1.165, 1.54) is 19.3 Å². The van der Waals surface area contributed by atoms with Crippen LogP contribution in [0.4, 0.5) is 0 Å². The fraction of sp³-hybridized carbons (Fsp3) is 0.933. The lowest BCUT2D eigenvalue weighted by molar-refractivity contribution is -0.135. The molecule has 0 aromatic heterocycles. The van der Waals surface area contributed by atoms with E-state index in [0.29, 0.717) is 11.9 Å². The average Bonchev–Trinajstić information content (AvgIpc) is 3.08. The summed E-state index contributed by atoms with van der Waals surface area (Å²) < 4.78 is 0. The highest BCUT2D eigenvalue weighted by Crippen LogP contribution is 2.37. The van der Waals surface area contributed by atoms with Gasteiger partial charge in [-0.3, -0.25) is 10.1 Å². The molecule has 3 unspecified atom stereocenters. The lowest BCUT2D eigenvalue weighted by Crippen LogP contribution is -2.44. The summed E-state index contributed by atoms with van der Waals surface area (Å²) >= 11 is 0. The van der Waals surface area contributed by atoms with E-state index in [0.717, 1.165) is 25.2 Å². The second-order valence-electron chi connectivity index (χ2n) is 6.37. The van der Waals surface area contributed by atoms with Gasteiger partial charge in [-0.25, -0.2) is 0 Å². The van der Waals surface area contributed by atoms with Crippen LogP contribution in [0.15, 0.2) is 0 Å². The van der Waals surface area contributed by atoms with Gasteiger partial charge in [0.25, 0.3) is 0 Å². The zero-order valence-corrected chi connectivity index (χ0v) is 12.3. The van der Waals surface area contributed by atoms with Crippen molar-refractivity contribution in [1.29, 1.82) is 0 Å². The summed E-state index contributed by atoms with van der Waals surface area (Å²) in [7, 11) is 0. The first-order chi connectivity index (χ1) is 8.51. The predicted octanol–water partition coefficient (Wildman–Crippen LogP) is 2.90. The van der Waals surface area contributed by atoms with Crippen LogP contribution in [-0.4, -0.2) is 28.6 Å². The van der Waals surface area contributed by atoms with Gasteiger partial charge < -0.3 is 4.90 Å². The van der Waals surface area contributed by atoms with E-state index in [4.69, 9.17) is 0 Å². The standard InChI is InChI=1S/C15H28N2O/c1-5-7-13-16-15(4,6-2)14(18)17(13)11(3)10-12-8-9-12/h11-13,16H,5-10H2,1-4H3. The van der Waals surface area contributed by atoms with Crippen molar-refractivity contribution in [2.45, 2.75) is 84.0 Å². The zero-order valence-electron chi connectivity index (χ0n) is 12.3. The number of nitrogens with zero attached hydrogens (tertiary/aromatic N) is 1. The number of hydrogen-bond acceptors (Lipinski definition) is 2. The maximum atomic E-state index is 12.7. The van der Waals surface area contributed by atoms with E-state index in [2.05, 4.69) is 37.9 Å². The monoisotopic (exact) mass is 252 g/mol. The second kappa shape index (κ2) is 5.20. The Morgan fingerprint density at radius 2 is 2.11 bits per heavy atom. The van der Waals surface area contributed by atoms with Crippen LogP contribution >= 0.6 is 0 Å². The molecule has 1 saturated carbocycles. The molecular weight excluding hydrogens is 224 g/mol. The summed E-state index contributed by atoms with van der Waals surface area (Å²) in [4.78, 5) is 14.8. The van der Waals surface area contributed by atoms with Crippen molar-refractivity contribution in [3.05, 3.63) is 0 Å². The molecule has 1 saturated heterocycles. The van der Waals surface area contributed by atoms with Crippen LogP contribution in [0.1, 0.15) is 66.2 Å². The molecular formula is C15H28N2O. The number of rotatable bonds is 6. The van der Waals surface area contributed by atoms with Crippen molar-refractivity contribution in [3.8, 4) is 0 Å². The van der Waals surface area contributed by atoms with Crippen LogP contribution in [0.3, 0.4) is 0 Å². The Morgan fingerprint density at radius 1 is 1.44 bits per heavy atom. The van der Waals surface area contributed by atoms with Crippen molar-refractivity contribution < 1.29 is 4.79 Å². The molecule has 2 fully saturated rings. The molecule has 1 heterocycles. The van der Waals surface area contributed by atoms with E-state index in [1.807, 2.05) is 0 Å². The van der Waals surface area contributed by atoms with Crippen molar-refractivity contribution in [2.24, 2.45) is 5.92 Å². The first-order valence-electron chi connectivity index (χ1n) is 7.62. The van der Waals surface area contributed by atoms with E-state index in [9.17, 15) is 4.79 Å². The number of carbonyl (C=O) groups excluding carboxylic acids is 1. The minimum absolute atomic E-state index is 0.251. The lowest BCUT2D eigenvalue weighted by atomic mass is 9.98. The van der Waals surface area contributed by atoms with Crippen LogP contribution in [0.2, 0.25) is 0 Å². The highest BCUT2D eigenvalue weighted by Gasteiger charge is 2.48. The molecule has 2 rings (SSSR count). The Kier molecular flexibility index (Phi) is 4.00. The summed E-state index contributed by atoms with van der Waals surface area (Å²) in [6, 6.07) is 0.391. The molecule has 1 aliphatic heterocycles. The SMILES string of the molecule is CCCC1NC(C)(CC)C(=O)N1C(C)CC1CC1. The van der Waals surface area contributed by atoms with Gasteiger partial charge in [0, 0.05) is 6.04 Å². The molecule has 1 aliphatic carbocycles. The molecule has 104 valence electrons. The third-order valence-electron chi connectivity index (χ3n) is 4.64. The van der Waals surface area contributed by atoms with E-state index in [-0.39, 0.29) is 11.7 Å². The second-order valence-corrected chi connectivity index (χ2v) is 6.37. The molecule has 0 radical (unpaired) electrons. The third-order valence-corrected chi connectivity index (χ3v) is 4.64. The molecule has 0 bridgehead atoms. The highest BCUT2D eigenvalue weighted by atomic mass is 16.2. The fourth-order valence-electron chi connectivity index (χ4n) is 3.12. The average molecular weight is 252 g/mol. The predicted molar refractivity (Wildman–Crippen MR) is 74.2 cm³/mol. The van der Waals surface area contributed by atoms with Crippen molar-refractivity contribution >= 4 is 5.91 Å². The van der Waals surface area contributed by atoms with Gasteiger partial charge in [0.05, 0.1) is 11.7 Å². The Bertz CT molecular complexity index is 314. The van der Waals surface area contributed by atoms with Gasteiger partial charge in [-0.05, 0) is 39.0 Å². The lowest BCUT2D eigenvalue weighted by Gasteiger charge is -2.30. The molecule has 3 nitrogen and oxygen atoms in total. The van der Waals surface area contributed by atoms with Crippen molar-refractivity contribution in [1.82, 2.24) is 10.2 Å². The van der Waals surface area contributed by atoms with Crippen LogP contribution in [0.25, 0.3) is 0 Å². The number of amides is 1. The van der Waals surface area contributed by atoms with E-state index >= 15 is 0 Å². The van der Waals surface area contributed by atoms with Crippen LogP contribution < -0.4 is 5.32 Å². The molecule has 0 aromatic carbocycles. The fourth-order valence-corrected chi connectivity index (χ4v) is 3.12. The molecule has 2 aliphatic rings. The molecule has 0 spiro atoms. The highest BCUT2D eigenvalue weighted by molar-refractivity contribution is 5.88. The summed E-state index contributed by atoms with van der Waals surface area (Å²) in [5, 5.41) is 3.57. The van der Waals surface area contributed by atoms with Gasteiger partial charge in [0.1, 0.15) is 0 Å². The first kappa shape index (κ1) is 13.9. The Labute approximate surface area is 111 Å². The van der Waals surface area contributed by atoms with Gasteiger partial charge in [-0.15, -0.1) is 0 Å². The van der Waals surface area contributed by atoms with Crippen LogP contribution in [0.5, 0.6) is 0 Å². The normalized spacial score (nSPS) is 34.1. The first-order valence-corrected chi connectivity index (χ1v) is 7.62. The third kappa shape index (κ3) is 2.56. The molecule has 1 N–H and O–H groups in total. The van der Waals surface area contributed by atoms with E-state index in [1.54, 1.807) is 0 Å². The topological polar surface area (TPSA) is 32.3 Å². The quantitative estimate of drug-likeness (QED) is 0.788. The summed E-state index contributed by atoms with van der Waals surface area (Å²) in [6.45, 7) is 8.57. The summed E-state index contributed by atoms with van der Waals surface area (Å²) in [5.41, 5.74) is -0.336. The Morgan fingerprint density at radius 3 is 2.61 bits per heavy atom. The molecule has 3 atom stereocenters. The molecule has 3 heteroatoms. The Balaban J connectivity index is 2.09. The van der Waals surface area contributed by atoms with Gasteiger partial charge >= 0.3 is 0 Å². The summed E-state index contributed by atoms with van der Waals surface area (Å²) in [6.07, 6.45) is 7.23. The van der Waals surface area contributed by atoms with Crippen molar-refractivity contribution in [2.75, 3.05) is 0 Å². The molecule has 1 amide bonds. The van der Waals surface area contributed by atoms with Gasteiger partial charge in [-0.1, -0.05) is 33.1 Å². The minimum Gasteiger partial charge on any atom is -0.323 e. The number of nitrogens with one attached hydrogen (secondary N) is 1. The van der Waals surface area contributed by atoms with Crippen LogP contribution in [0, 0.1) is 5.92 Å². The maximum absolute atomic E-state index is 12.7. The van der Waals surface area contributed by atoms with Gasteiger partial charge in [0.2, 0.25) is 5.91 Å². The van der Waals surface area contributed by atoms with Crippen molar-refractivity contribution in [3.63, 3.8) is 0 Å². The smallest absolute Gasteiger partial charge is 0.244 e. The largest absolute Gasteiger partial charge is 0.323 e. The van der Waals surface area contributed by atoms with Crippen LogP contribution in [-0.2, 0) is 4.79 Å². The summed E-state index contributed by atoms with van der Waals surface area (Å²) in [5.74, 6) is 1.19. The minimum atomic E-state index is -0.336.